The van der Waals surface area contributed by atoms with E-state index >= 15 is 0 Å². The van der Waals surface area contributed by atoms with Crippen molar-refractivity contribution in [3.05, 3.63) is 97.0 Å². The van der Waals surface area contributed by atoms with E-state index in [2.05, 4.69) is 80.4 Å². The molecule has 0 aliphatic rings. The van der Waals surface area contributed by atoms with E-state index in [1.165, 1.54) is 16.3 Å². The zero-order valence-corrected chi connectivity index (χ0v) is 19.0. The molecule has 0 N–H and O–H groups in total. The van der Waals surface area contributed by atoms with E-state index in [1.807, 2.05) is 30.6 Å². The number of rotatable bonds is 2. The largest absolute Gasteiger partial charge is 0.462 e. The molecule has 0 saturated carbocycles. The monoisotopic (exact) mass is 428 g/mol. The number of hydrogen-bond donors (Lipinski definition) is 0. The first-order valence-corrected chi connectivity index (χ1v) is 11.2. The topological polar surface area (TPSA) is 38.9 Å². The summed E-state index contributed by atoms with van der Waals surface area (Å²) in [4.78, 5) is 9.45. The van der Waals surface area contributed by atoms with Crippen molar-refractivity contribution in [3.63, 3.8) is 0 Å². The van der Waals surface area contributed by atoms with E-state index in [0.29, 0.717) is 0 Å². The van der Waals surface area contributed by atoms with Crippen LogP contribution < -0.4 is 0 Å². The zero-order chi connectivity index (χ0) is 22.6. The van der Waals surface area contributed by atoms with Gasteiger partial charge in [0.1, 0.15) is 5.52 Å². The lowest BCUT2D eigenvalue weighted by atomic mass is 9.85. The number of benzene rings is 3. The predicted octanol–water partition coefficient (Wildman–Crippen LogP) is 8.16. The molecule has 6 rings (SSSR count). The summed E-state index contributed by atoms with van der Waals surface area (Å²) in [7, 11) is 0. The van der Waals surface area contributed by atoms with Gasteiger partial charge in [0.05, 0.1) is 12.0 Å². The zero-order valence-electron chi connectivity index (χ0n) is 19.0. The van der Waals surface area contributed by atoms with Crippen molar-refractivity contribution < 1.29 is 4.42 Å². The Hall–Kier alpha value is -3.98. The van der Waals surface area contributed by atoms with Crippen molar-refractivity contribution in [3.8, 4) is 22.4 Å². The van der Waals surface area contributed by atoms with Crippen LogP contribution in [-0.2, 0) is 5.41 Å². The van der Waals surface area contributed by atoms with Crippen molar-refractivity contribution in [1.29, 1.82) is 0 Å². The van der Waals surface area contributed by atoms with Crippen LogP contribution in [0.15, 0.2) is 95.9 Å². The van der Waals surface area contributed by atoms with Gasteiger partial charge in [-0.15, -0.1) is 0 Å². The van der Waals surface area contributed by atoms with E-state index in [4.69, 9.17) is 9.40 Å². The average molecular weight is 429 g/mol. The van der Waals surface area contributed by atoms with E-state index < -0.39 is 0 Å². The van der Waals surface area contributed by atoms with Crippen LogP contribution in [0.25, 0.3) is 55.0 Å². The summed E-state index contributed by atoms with van der Waals surface area (Å²) in [5, 5.41) is 4.55. The van der Waals surface area contributed by atoms with Gasteiger partial charge in [0.2, 0.25) is 0 Å². The normalized spacial score (nSPS) is 12.1. The van der Waals surface area contributed by atoms with Gasteiger partial charge in [-0.2, -0.15) is 0 Å². The van der Waals surface area contributed by atoms with Gasteiger partial charge in [0.15, 0.2) is 5.58 Å². The number of nitrogens with zero attached hydrogens (tertiary/aromatic N) is 2. The van der Waals surface area contributed by atoms with E-state index in [9.17, 15) is 0 Å². The van der Waals surface area contributed by atoms with Gasteiger partial charge >= 0.3 is 0 Å². The average Bonchev–Trinajstić information content (AvgIpc) is 3.31. The summed E-state index contributed by atoms with van der Waals surface area (Å²) >= 11 is 0. The third kappa shape index (κ3) is 3.28. The molecule has 0 aliphatic carbocycles. The molecule has 0 fully saturated rings. The molecule has 3 heterocycles. The Bertz CT molecular complexity index is 1650. The fourth-order valence-corrected chi connectivity index (χ4v) is 4.59. The Labute approximate surface area is 192 Å². The van der Waals surface area contributed by atoms with E-state index in [0.717, 1.165) is 44.3 Å². The molecule has 3 aromatic carbocycles. The summed E-state index contributed by atoms with van der Waals surface area (Å²) in [5.41, 5.74) is 7.41. The van der Waals surface area contributed by atoms with Gasteiger partial charge in [-0.3, -0.25) is 9.97 Å². The lowest BCUT2D eigenvalue weighted by Gasteiger charge is -2.19. The predicted molar refractivity (Wildman–Crippen MR) is 136 cm³/mol. The van der Waals surface area contributed by atoms with Crippen LogP contribution in [0, 0.1) is 0 Å². The maximum atomic E-state index is 5.74. The van der Waals surface area contributed by atoms with Crippen LogP contribution in [-0.4, -0.2) is 9.97 Å². The van der Waals surface area contributed by atoms with Crippen LogP contribution in [0.3, 0.4) is 0 Å². The van der Waals surface area contributed by atoms with Crippen LogP contribution in [0.5, 0.6) is 0 Å². The van der Waals surface area contributed by atoms with Crippen LogP contribution in [0.2, 0.25) is 0 Å². The van der Waals surface area contributed by atoms with Crippen molar-refractivity contribution >= 4 is 32.6 Å². The molecule has 33 heavy (non-hydrogen) atoms. The van der Waals surface area contributed by atoms with Crippen molar-refractivity contribution in [1.82, 2.24) is 9.97 Å². The van der Waals surface area contributed by atoms with Crippen molar-refractivity contribution in [2.45, 2.75) is 26.2 Å². The Kier molecular flexibility index (Phi) is 4.34. The Morgan fingerprint density at radius 2 is 1.48 bits per heavy atom. The minimum atomic E-state index is 0.129. The van der Waals surface area contributed by atoms with Gasteiger partial charge in [-0.1, -0.05) is 63.2 Å². The fourth-order valence-electron chi connectivity index (χ4n) is 4.59. The molecule has 0 saturated heterocycles. The van der Waals surface area contributed by atoms with Crippen LogP contribution in [0.1, 0.15) is 26.3 Å². The number of pyridine rings is 2. The highest BCUT2D eigenvalue weighted by Crippen LogP contribution is 2.38. The molecule has 0 amide bonds. The van der Waals surface area contributed by atoms with Crippen LogP contribution in [0.4, 0.5) is 0 Å². The second-order valence-electron chi connectivity index (χ2n) is 9.59. The highest BCUT2D eigenvalue weighted by molar-refractivity contribution is 6.10. The van der Waals surface area contributed by atoms with Gasteiger partial charge in [-0.25, -0.2) is 0 Å². The van der Waals surface area contributed by atoms with Crippen molar-refractivity contribution in [2.75, 3.05) is 0 Å². The molecule has 0 spiro atoms. The van der Waals surface area contributed by atoms with E-state index in [-0.39, 0.29) is 5.41 Å². The minimum absolute atomic E-state index is 0.129. The second-order valence-corrected chi connectivity index (χ2v) is 9.59. The Morgan fingerprint density at radius 1 is 0.697 bits per heavy atom. The van der Waals surface area contributed by atoms with Gasteiger partial charge in [-0.05, 0) is 57.6 Å². The van der Waals surface area contributed by atoms with Gasteiger partial charge in [0.25, 0.3) is 0 Å². The third-order valence-corrected chi connectivity index (χ3v) is 6.39. The van der Waals surface area contributed by atoms with E-state index in [1.54, 1.807) is 6.26 Å². The lowest BCUT2D eigenvalue weighted by molar-refractivity contribution is 0.591. The number of furan rings is 1. The van der Waals surface area contributed by atoms with Crippen molar-refractivity contribution in [2.24, 2.45) is 0 Å². The molecule has 160 valence electrons. The smallest absolute Gasteiger partial charge is 0.160 e. The number of aromatic nitrogens is 2. The van der Waals surface area contributed by atoms with Gasteiger partial charge in [0, 0.05) is 34.3 Å². The third-order valence-electron chi connectivity index (χ3n) is 6.39. The minimum Gasteiger partial charge on any atom is -0.462 e. The molecule has 0 radical (unpaired) electrons. The first-order chi connectivity index (χ1) is 16.0. The quantitative estimate of drug-likeness (QED) is 0.279. The first kappa shape index (κ1) is 19.7. The molecule has 3 aromatic heterocycles. The molecule has 6 aromatic rings. The number of fused-ring (bicyclic) bond motifs is 4. The van der Waals surface area contributed by atoms with Gasteiger partial charge < -0.3 is 4.42 Å². The first-order valence-electron chi connectivity index (χ1n) is 11.2. The fraction of sp³-hybridized carbons (Fsp3) is 0.133. The van der Waals surface area contributed by atoms with Crippen LogP contribution >= 0.6 is 0 Å². The standard InChI is InChI=1S/C30H24N2O/c1-30(2,3)23-11-10-19-16-21(9-8-20(19)17-23)24-6-4-13-31-27(24)26-18-22-12-15-33-29(22)28-25(26)7-5-14-32-28/h4-18H,1-3H3. The summed E-state index contributed by atoms with van der Waals surface area (Å²) in [6.07, 6.45) is 5.39. The Morgan fingerprint density at radius 3 is 2.36 bits per heavy atom. The Balaban J connectivity index is 1.56. The maximum absolute atomic E-state index is 5.74. The SMILES string of the molecule is CC(C)(C)c1ccc2cc(-c3cccnc3-c3cc4ccoc4c4ncccc34)ccc2c1. The summed E-state index contributed by atoms with van der Waals surface area (Å²) in [6, 6.07) is 25.8. The molecule has 0 aliphatic heterocycles. The summed E-state index contributed by atoms with van der Waals surface area (Å²) in [6.45, 7) is 6.75. The summed E-state index contributed by atoms with van der Waals surface area (Å²) in [5.74, 6) is 0. The molecule has 0 unspecified atom stereocenters. The molecule has 3 nitrogen and oxygen atoms in total. The maximum Gasteiger partial charge on any atom is 0.160 e. The second kappa shape index (κ2) is 7.28. The molecule has 0 bridgehead atoms. The summed E-state index contributed by atoms with van der Waals surface area (Å²) < 4.78 is 5.74. The molecule has 0 atom stereocenters. The molecular formula is C30H24N2O. The lowest BCUT2D eigenvalue weighted by Crippen LogP contribution is -2.10. The number of hydrogen-bond acceptors (Lipinski definition) is 3. The highest BCUT2D eigenvalue weighted by Gasteiger charge is 2.17. The highest BCUT2D eigenvalue weighted by atomic mass is 16.3. The molecule has 3 heteroatoms. The molecular weight excluding hydrogens is 404 g/mol.